The third-order valence-electron chi connectivity index (χ3n) is 9.84. The lowest BCUT2D eigenvalue weighted by molar-refractivity contribution is 0.0690. The highest BCUT2D eigenvalue weighted by Crippen LogP contribution is 2.45. The summed E-state index contributed by atoms with van der Waals surface area (Å²) in [6.45, 7) is 10.7. The van der Waals surface area contributed by atoms with E-state index in [1.807, 2.05) is 63.7 Å². The molecule has 3 aromatic heterocycles. The highest BCUT2D eigenvalue weighted by atomic mass is 35.5. The van der Waals surface area contributed by atoms with Crippen molar-refractivity contribution < 1.29 is 19.4 Å². The molecule has 6 aromatic rings. The van der Waals surface area contributed by atoms with Crippen LogP contribution >= 0.6 is 34.8 Å². The molecule has 4 heterocycles. The number of pyridine rings is 1. The third kappa shape index (κ3) is 5.81. The fourth-order valence-corrected chi connectivity index (χ4v) is 8.07. The van der Waals surface area contributed by atoms with Gasteiger partial charge in [-0.2, -0.15) is 5.10 Å². The van der Waals surface area contributed by atoms with Gasteiger partial charge in [0.05, 0.1) is 39.1 Å². The van der Waals surface area contributed by atoms with Crippen molar-refractivity contribution in [1.82, 2.24) is 19.3 Å². The summed E-state index contributed by atoms with van der Waals surface area (Å²) in [5.74, 6) is -0.684. The molecule has 0 saturated carbocycles. The van der Waals surface area contributed by atoms with E-state index >= 15 is 0 Å². The molecule has 0 radical (unpaired) electrons. The van der Waals surface area contributed by atoms with Gasteiger partial charge < -0.3 is 19.3 Å². The van der Waals surface area contributed by atoms with Crippen molar-refractivity contribution in [3.63, 3.8) is 0 Å². The van der Waals surface area contributed by atoms with Gasteiger partial charge in [0.1, 0.15) is 17.1 Å². The summed E-state index contributed by atoms with van der Waals surface area (Å²) in [5.41, 5.74) is 8.43. The van der Waals surface area contributed by atoms with Crippen LogP contribution in [0.5, 0.6) is 5.75 Å². The first kappa shape index (κ1) is 34.9. The second-order valence-corrected chi connectivity index (χ2v) is 14.4. The Morgan fingerprint density at radius 1 is 0.980 bits per heavy atom. The van der Waals surface area contributed by atoms with Gasteiger partial charge in [-0.05, 0) is 94.5 Å². The molecule has 1 N–H and O–H groups in total. The molecular formula is C39H36Cl3N5O4. The number of carboxylic acid groups (broad SMARTS) is 1. The fourth-order valence-electron chi connectivity index (χ4n) is 7.46. The molecule has 3 aromatic carbocycles. The van der Waals surface area contributed by atoms with E-state index in [0.29, 0.717) is 53.3 Å². The van der Waals surface area contributed by atoms with E-state index in [0.717, 1.165) is 60.9 Å². The average molecular weight is 745 g/mol. The van der Waals surface area contributed by atoms with Crippen LogP contribution in [0.3, 0.4) is 0 Å². The fraction of sp³-hybridized carbons (Fsp3) is 0.282. The number of benzene rings is 3. The predicted molar refractivity (Wildman–Crippen MR) is 203 cm³/mol. The Bertz CT molecular complexity index is 2410. The lowest BCUT2D eigenvalue weighted by Gasteiger charge is -2.34. The standard InChI is InChI=1S/C39H36Cl3N5O4/c1-19-15-24(16-20(2)34(19)42)51-14-8-10-25-26-12-13-28(40)33(32-22(4)44-45(6)23(32)5)36(26)47-21(3)18-46(38(48)37(25)47)31-11-7-9-27-29(41)17-30(39(49)50)43-35(27)31/h7,9,11-13,15-17,21H,8,10,14,18H2,1-6H3,(H,49,50)/t21-/m1/s1. The molecule has 0 saturated heterocycles. The highest BCUT2D eigenvalue weighted by Gasteiger charge is 2.37. The number of carbonyl (C=O) groups excluding carboxylic acids is 1. The number of para-hydroxylation sites is 1. The number of aromatic nitrogens is 4. The number of amides is 1. The van der Waals surface area contributed by atoms with Crippen molar-refractivity contribution in [1.29, 1.82) is 0 Å². The number of ether oxygens (including phenoxy) is 1. The number of carbonyl (C=O) groups is 2. The SMILES string of the molecule is Cc1cc(OCCCc2c3n(c4c(-c5c(C)nn(C)c5C)c(Cl)ccc24)[C@H](C)CN(c2cccc4c(Cl)cc(C(=O)O)nc24)C3=O)cc(C)c1Cl. The molecule has 1 atom stereocenters. The third-order valence-corrected chi connectivity index (χ3v) is 11.1. The minimum Gasteiger partial charge on any atom is -0.494 e. The van der Waals surface area contributed by atoms with Gasteiger partial charge in [0, 0.05) is 52.3 Å². The average Bonchev–Trinajstić information content (AvgIpc) is 3.55. The number of hydrogen-bond acceptors (Lipinski definition) is 5. The van der Waals surface area contributed by atoms with Crippen LogP contribution in [0.25, 0.3) is 32.9 Å². The van der Waals surface area contributed by atoms with Crippen molar-refractivity contribution in [2.24, 2.45) is 7.05 Å². The van der Waals surface area contributed by atoms with Crippen LogP contribution in [-0.4, -0.2) is 49.5 Å². The Morgan fingerprint density at radius 2 is 1.71 bits per heavy atom. The second kappa shape index (κ2) is 13.2. The predicted octanol–water partition coefficient (Wildman–Crippen LogP) is 9.72. The summed E-state index contributed by atoms with van der Waals surface area (Å²) in [4.78, 5) is 33.1. The topological polar surface area (TPSA) is 102 Å². The van der Waals surface area contributed by atoms with Crippen LogP contribution in [0.1, 0.15) is 68.4 Å². The normalized spacial score (nSPS) is 14.5. The van der Waals surface area contributed by atoms with Crippen molar-refractivity contribution in [2.75, 3.05) is 18.1 Å². The maximum absolute atomic E-state index is 15.0. The smallest absolute Gasteiger partial charge is 0.354 e. The first-order valence-corrected chi connectivity index (χ1v) is 17.8. The minimum absolute atomic E-state index is 0.195. The van der Waals surface area contributed by atoms with Crippen molar-refractivity contribution >= 4 is 74.2 Å². The molecule has 0 aliphatic carbocycles. The van der Waals surface area contributed by atoms with Gasteiger partial charge in [-0.15, -0.1) is 0 Å². The van der Waals surface area contributed by atoms with Gasteiger partial charge in [-0.3, -0.25) is 9.48 Å². The number of rotatable bonds is 8. The molecule has 1 amide bonds. The maximum Gasteiger partial charge on any atom is 0.354 e. The number of fused-ring (bicyclic) bond motifs is 4. The van der Waals surface area contributed by atoms with E-state index in [1.54, 1.807) is 23.1 Å². The number of halogens is 3. The molecule has 51 heavy (non-hydrogen) atoms. The van der Waals surface area contributed by atoms with Crippen LogP contribution in [0.4, 0.5) is 5.69 Å². The minimum atomic E-state index is -1.20. The number of anilines is 1. The summed E-state index contributed by atoms with van der Waals surface area (Å²) in [7, 11) is 1.91. The molecule has 0 bridgehead atoms. The van der Waals surface area contributed by atoms with Crippen molar-refractivity contribution in [3.05, 3.63) is 103 Å². The van der Waals surface area contributed by atoms with Gasteiger partial charge in [-0.25, -0.2) is 9.78 Å². The monoisotopic (exact) mass is 743 g/mol. The lowest BCUT2D eigenvalue weighted by Crippen LogP contribution is -2.43. The Labute approximate surface area is 310 Å². The molecule has 7 rings (SSSR count). The zero-order valence-corrected chi connectivity index (χ0v) is 31.3. The number of aryl methyl sites for hydroxylation is 5. The number of nitrogens with zero attached hydrogens (tertiary/aromatic N) is 5. The molecule has 1 aliphatic rings. The Balaban J connectivity index is 1.39. The zero-order valence-electron chi connectivity index (χ0n) is 29.1. The molecule has 9 nitrogen and oxygen atoms in total. The van der Waals surface area contributed by atoms with E-state index in [9.17, 15) is 14.7 Å². The first-order valence-electron chi connectivity index (χ1n) is 16.7. The van der Waals surface area contributed by atoms with Gasteiger partial charge in [0.2, 0.25) is 0 Å². The highest BCUT2D eigenvalue weighted by molar-refractivity contribution is 6.36. The lowest BCUT2D eigenvalue weighted by atomic mass is 9.98. The summed E-state index contributed by atoms with van der Waals surface area (Å²) in [6, 6.07) is 14.2. The molecule has 1 aliphatic heterocycles. The van der Waals surface area contributed by atoms with Crippen LogP contribution in [0.15, 0.2) is 48.5 Å². The molecule has 0 fully saturated rings. The number of carboxylic acids is 1. The zero-order chi connectivity index (χ0) is 36.5. The molecule has 262 valence electrons. The van der Waals surface area contributed by atoms with Crippen LogP contribution in [0.2, 0.25) is 15.1 Å². The van der Waals surface area contributed by atoms with Crippen LogP contribution in [0, 0.1) is 27.7 Å². The maximum atomic E-state index is 15.0. The molecule has 12 heteroatoms. The Hall–Kier alpha value is -4.57. The quantitative estimate of drug-likeness (QED) is 0.156. The second-order valence-electron chi connectivity index (χ2n) is 13.2. The largest absolute Gasteiger partial charge is 0.494 e. The number of aromatic carboxylic acids is 1. The van der Waals surface area contributed by atoms with Crippen molar-refractivity contribution in [3.8, 4) is 16.9 Å². The van der Waals surface area contributed by atoms with Gasteiger partial charge >= 0.3 is 5.97 Å². The van der Waals surface area contributed by atoms with E-state index in [1.165, 1.54) is 6.07 Å². The van der Waals surface area contributed by atoms with Gasteiger partial charge in [0.15, 0.2) is 0 Å². The summed E-state index contributed by atoms with van der Waals surface area (Å²) in [5, 5.41) is 17.5. The number of hydrogen-bond donors (Lipinski definition) is 1. The summed E-state index contributed by atoms with van der Waals surface area (Å²) >= 11 is 20.0. The Kier molecular flexibility index (Phi) is 9.02. The van der Waals surface area contributed by atoms with E-state index in [2.05, 4.69) is 16.5 Å². The van der Waals surface area contributed by atoms with E-state index in [4.69, 9.17) is 44.6 Å². The van der Waals surface area contributed by atoms with Crippen LogP contribution < -0.4 is 9.64 Å². The van der Waals surface area contributed by atoms with Gasteiger partial charge in [0.25, 0.3) is 5.91 Å². The Morgan fingerprint density at radius 3 is 2.37 bits per heavy atom. The van der Waals surface area contributed by atoms with E-state index < -0.39 is 5.97 Å². The van der Waals surface area contributed by atoms with Gasteiger partial charge in [-0.1, -0.05) is 53.0 Å². The van der Waals surface area contributed by atoms with E-state index in [-0.39, 0.29) is 22.7 Å². The summed E-state index contributed by atoms with van der Waals surface area (Å²) < 4.78 is 10.2. The molecular weight excluding hydrogens is 709 g/mol. The molecule has 0 unspecified atom stereocenters. The summed E-state index contributed by atoms with van der Waals surface area (Å²) in [6.07, 6.45) is 1.18. The molecule has 0 spiro atoms. The van der Waals surface area contributed by atoms with Crippen LogP contribution in [-0.2, 0) is 13.5 Å². The first-order chi connectivity index (χ1) is 24.3. The van der Waals surface area contributed by atoms with Crippen molar-refractivity contribution in [2.45, 2.75) is 53.5 Å².